The van der Waals surface area contributed by atoms with Gasteiger partial charge in [0.15, 0.2) is 5.96 Å². The minimum atomic E-state index is 0.327. The van der Waals surface area contributed by atoms with Crippen LogP contribution in [0, 0.1) is 13.8 Å². The van der Waals surface area contributed by atoms with Gasteiger partial charge in [0.25, 0.3) is 0 Å². The van der Waals surface area contributed by atoms with Crippen molar-refractivity contribution in [2.24, 2.45) is 10.7 Å². The molecule has 1 fully saturated rings. The summed E-state index contributed by atoms with van der Waals surface area (Å²) in [4.78, 5) is 8.65. The van der Waals surface area contributed by atoms with Crippen molar-refractivity contribution in [3.05, 3.63) is 53.2 Å². The molecule has 3 rings (SSSR count). The summed E-state index contributed by atoms with van der Waals surface area (Å²) in [7, 11) is 0. The molecule has 0 saturated heterocycles. The number of anilines is 1. The highest BCUT2D eigenvalue weighted by atomic mass is 16.5. The summed E-state index contributed by atoms with van der Waals surface area (Å²) in [6.07, 6.45) is 5.57. The number of aryl methyl sites for hydroxylation is 2. The van der Waals surface area contributed by atoms with E-state index in [1.54, 1.807) is 6.20 Å². The van der Waals surface area contributed by atoms with Gasteiger partial charge in [0, 0.05) is 18.0 Å². The van der Waals surface area contributed by atoms with Crippen LogP contribution in [0.4, 0.5) is 5.69 Å². The maximum Gasteiger partial charge on any atom is 0.213 e. The van der Waals surface area contributed by atoms with Gasteiger partial charge in [0.1, 0.15) is 6.10 Å². The molecule has 2 aromatic rings. The molecule has 0 radical (unpaired) electrons. The number of benzene rings is 1. The van der Waals surface area contributed by atoms with Gasteiger partial charge in [-0.2, -0.15) is 0 Å². The Morgan fingerprint density at radius 2 is 2.08 bits per heavy atom. The van der Waals surface area contributed by atoms with E-state index in [1.165, 1.54) is 17.5 Å². The molecule has 1 aliphatic rings. The number of guanidine groups is 1. The molecule has 24 heavy (non-hydrogen) atoms. The molecular weight excluding hydrogens is 300 g/mol. The Hall–Kier alpha value is -2.56. The Labute approximate surface area is 143 Å². The Bertz CT molecular complexity index is 738. The molecule has 126 valence electrons. The number of aliphatic imine (C=N–C) groups is 1. The SMILES string of the molecule is Cc1ccc(NC(N)=NCc2ccnc(OC3CCC3)c2)cc1C. The van der Waals surface area contributed by atoms with Crippen LogP contribution in [0.25, 0.3) is 0 Å². The third-order valence-corrected chi connectivity index (χ3v) is 4.35. The zero-order valence-electron chi connectivity index (χ0n) is 14.2. The number of nitrogens with one attached hydrogen (secondary N) is 1. The summed E-state index contributed by atoms with van der Waals surface area (Å²) in [6.45, 7) is 4.66. The largest absolute Gasteiger partial charge is 0.474 e. The molecule has 0 atom stereocenters. The quantitative estimate of drug-likeness (QED) is 0.651. The summed E-state index contributed by atoms with van der Waals surface area (Å²) in [5.74, 6) is 1.07. The average Bonchev–Trinajstić information content (AvgIpc) is 2.53. The number of hydrogen-bond acceptors (Lipinski definition) is 3. The zero-order valence-corrected chi connectivity index (χ0v) is 14.2. The Morgan fingerprint density at radius 3 is 2.79 bits per heavy atom. The maximum absolute atomic E-state index is 5.98. The van der Waals surface area contributed by atoms with Crippen molar-refractivity contribution < 1.29 is 4.74 Å². The van der Waals surface area contributed by atoms with Crippen LogP contribution < -0.4 is 15.8 Å². The molecule has 1 heterocycles. The van der Waals surface area contributed by atoms with Gasteiger partial charge in [-0.25, -0.2) is 9.98 Å². The molecule has 5 nitrogen and oxygen atoms in total. The monoisotopic (exact) mass is 324 g/mol. The predicted molar refractivity (Wildman–Crippen MR) is 97.4 cm³/mol. The molecule has 3 N–H and O–H groups in total. The summed E-state index contributed by atoms with van der Waals surface area (Å²) in [5, 5.41) is 3.13. The fourth-order valence-electron chi connectivity index (χ4n) is 2.46. The van der Waals surface area contributed by atoms with E-state index in [2.05, 4.69) is 41.3 Å². The number of aromatic nitrogens is 1. The van der Waals surface area contributed by atoms with Gasteiger partial charge in [-0.15, -0.1) is 0 Å². The smallest absolute Gasteiger partial charge is 0.213 e. The highest BCUT2D eigenvalue weighted by Gasteiger charge is 2.19. The molecule has 0 unspecified atom stereocenters. The van der Waals surface area contributed by atoms with Crippen LogP contribution in [0.1, 0.15) is 36.0 Å². The lowest BCUT2D eigenvalue weighted by atomic mass is 9.96. The second-order valence-electron chi connectivity index (χ2n) is 6.30. The van der Waals surface area contributed by atoms with E-state index in [0.717, 1.165) is 24.1 Å². The minimum absolute atomic E-state index is 0.327. The molecule has 0 amide bonds. The third-order valence-electron chi connectivity index (χ3n) is 4.35. The van der Waals surface area contributed by atoms with Gasteiger partial charge in [-0.05, 0) is 68.0 Å². The summed E-state index contributed by atoms with van der Waals surface area (Å²) < 4.78 is 5.81. The lowest BCUT2D eigenvalue weighted by molar-refractivity contribution is 0.114. The minimum Gasteiger partial charge on any atom is -0.474 e. The van der Waals surface area contributed by atoms with Crippen molar-refractivity contribution in [3.63, 3.8) is 0 Å². The molecule has 0 bridgehead atoms. The Balaban J connectivity index is 1.59. The standard InChI is InChI=1S/C19H24N4O/c1-13-6-7-16(10-14(13)2)23-19(20)22-12-15-8-9-21-18(11-15)24-17-4-3-5-17/h6-11,17H,3-5,12H2,1-2H3,(H3,20,22,23). The van der Waals surface area contributed by atoms with Crippen molar-refractivity contribution in [3.8, 4) is 5.88 Å². The van der Waals surface area contributed by atoms with E-state index >= 15 is 0 Å². The molecule has 0 aliphatic heterocycles. The van der Waals surface area contributed by atoms with E-state index < -0.39 is 0 Å². The predicted octanol–water partition coefficient (Wildman–Crippen LogP) is 3.56. The van der Waals surface area contributed by atoms with Crippen molar-refractivity contribution >= 4 is 11.6 Å². The number of nitrogens with zero attached hydrogens (tertiary/aromatic N) is 2. The first kappa shape index (κ1) is 16.3. The molecule has 1 aromatic heterocycles. The molecule has 1 aliphatic carbocycles. The van der Waals surface area contributed by atoms with Crippen LogP contribution in [-0.2, 0) is 6.54 Å². The van der Waals surface area contributed by atoms with E-state index in [-0.39, 0.29) is 0 Å². The second kappa shape index (κ2) is 7.34. The van der Waals surface area contributed by atoms with Crippen LogP contribution in [0.15, 0.2) is 41.5 Å². The Kier molecular flexibility index (Phi) is 4.99. The molecular formula is C19H24N4O. The van der Waals surface area contributed by atoms with Crippen molar-refractivity contribution in [1.82, 2.24) is 4.98 Å². The Morgan fingerprint density at radius 1 is 1.25 bits per heavy atom. The van der Waals surface area contributed by atoms with Gasteiger partial charge in [-0.1, -0.05) is 6.07 Å². The fraction of sp³-hybridized carbons (Fsp3) is 0.368. The maximum atomic E-state index is 5.98. The van der Waals surface area contributed by atoms with Crippen molar-refractivity contribution in [1.29, 1.82) is 0 Å². The van der Waals surface area contributed by atoms with Gasteiger partial charge in [-0.3, -0.25) is 0 Å². The normalized spacial score (nSPS) is 15.0. The molecule has 5 heteroatoms. The molecule has 1 saturated carbocycles. The van der Waals surface area contributed by atoms with Gasteiger partial charge in [0.2, 0.25) is 5.88 Å². The fourth-order valence-corrected chi connectivity index (χ4v) is 2.46. The molecule has 0 spiro atoms. The van der Waals surface area contributed by atoms with E-state index in [1.807, 2.05) is 18.2 Å². The van der Waals surface area contributed by atoms with Crippen LogP contribution >= 0.6 is 0 Å². The number of hydrogen-bond donors (Lipinski definition) is 2. The second-order valence-corrected chi connectivity index (χ2v) is 6.30. The third kappa shape index (κ3) is 4.25. The van der Waals surface area contributed by atoms with Gasteiger partial charge in [0.05, 0.1) is 6.54 Å². The van der Waals surface area contributed by atoms with E-state index in [9.17, 15) is 0 Å². The van der Waals surface area contributed by atoms with Crippen LogP contribution in [0.5, 0.6) is 5.88 Å². The zero-order chi connectivity index (χ0) is 16.9. The first-order chi connectivity index (χ1) is 11.6. The van der Waals surface area contributed by atoms with Crippen LogP contribution in [0.3, 0.4) is 0 Å². The highest BCUT2D eigenvalue weighted by Crippen LogP contribution is 2.24. The average molecular weight is 324 g/mol. The summed E-state index contributed by atoms with van der Waals surface area (Å²) >= 11 is 0. The van der Waals surface area contributed by atoms with Crippen LogP contribution in [-0.4, -0.2) is 17.0 Å². The number of pyridine rings is 1. The topological polar surface area (TPSA) is 72.5 Å². The van der Waals surface area contributed by atoms with Gasteiger partial charge < -0.3 is 15.8 Å². The number of rotatable bonds is 5. The first-order valence-electron chi connectivity index (χ1n) is 8.36. The lowest BCUT2D eigenvalue weighted by Crippen LogP contribution is -2.25. The number of ether oxygens (including phenoxy) is 1. The highest BCUT2D eigenvalue weighted by molar-refractivity contribution is 5.92. The van der Waals surface area contributed by atoms with Gasteiger partial charge >= 0.3 is 0 Å². The molecule has 1 aromatic carbocycles. The van der Waals surface area contributed by atoms with Crippen molar-refractivity contribution in [2.45, 2.75) is 45.8 Å². The first-order valence-corrected chi connectivity index (χ1v) is 8.36. The van der Waals surface area contributed by atoms with E-state index in [0.29, 0.717) is 24.5 Å². The summed E-state index contributed by atoms with van der Waals surface area (Å²) in [6, 6.07) is 10.00. The van der Waals surface area contributed by atoms with E-state index in [4.69, 9.17) is 10.5 Å². The van der Waals surface area contributed by atoms with Crippen LogP contribution in [0.2, 0.25) is 0 Å². The lowest BCUT2D eigenvalue weighted by Gasteiger charge is -2.25. The number of nitrogens with two attached hydrogens (primary N) is 1. The summed E-state index contributed by atoms with van der Waals surface area (Å²) in [5.41, 5.74) is 10.4. The van der Waals surface area contributed by atoms with Crippen molar-refractivity contribution in [2.75, 3.05) is 5.32 Å².